The summed E-state index contributed by atoms with van der Waals surface area (Å²) in [6, 6.07) is 6.03. The number of thiophene rings is 1. The molecule has 17 heavy (non-hydrogen) atoms. The largest absolute Gasteiger partial charge is 0.391 e. The lowest BCUT2D eigenvalue weighted by atomic mass is 10.2. The zero-order valence-electron chi connectivity index (χ0n) is 9.64. The number of aryl methyl sites for hydroxylation is 2. The minimum Gasteiger partial charge on any atom is -0.391 e. The fourth-order valence-electron chi connectivity index (χ4n) is 1.88. The molecule has 0 atom stereocenters. The molecule has 0 radical (unpaired) electrons. The maximum Gasteiger partial charge on any atom is 0.178 e. The molecule has 0 unspecified atom stereocenters. The number of nitrogen functional groups attached to an aromatic ring is 1. The topological polar surface area (TPSA) is 56.2 Å². The molecule has 0 amide bonds. The van der Waals surface area contributed by atoms with Crippen LogP contribution >= 0.6 is 11.3 Å². The second-order valence-corrected chi connectivity index (χ2v) is 5.20. The second kappa shape index (κ2) is 3.56. The summed E-state index contributed by atoms with van der Waals surface area (Å²) in [5.74, 6) is 0.860. The van der Waals surface area contributed by atoms with E-state index in [0.29, 0.717) is 0 Å². The maximum absolute atomic E-state index is 5.81. The fourth-order valence-corrected chi connectivity index (χ4v) is 2.80. The van der Waals surface area contributed by atoms with E-state index in [9.17, 15) is 0 Å². The van der Waals surface area contributed by atoms with Crippen molar-refractivity contribution in [2.24, 2.45) is 0 Å². The van der Waals surface area contributed by atoms with Crippen molar-refractivity contribution in [3.05, 3.63) is 35.5 Å². The maximum atomic E-state index is 5.81. The molecule has 3 aromatic rings. The van der Waals surface area contributed by atoms with Crippen molar-refractivity contribution in [1.29, 1.82) is 0 Å². The Morgan fingerprint density at radius 2 is 2.06 bits per heavy atom. The van der Waals surface area contributed by atoms with E-state index in [2.05, 4.69) is 10.2 Å². The lowest BCUT2D eigenvalue weighted by molar-refractivity contribution is 1.11. The molecule has 0 saturated heterocycles. The average Bonchev–Trinajstić information content (AvgIpc) is 2.81. The Bertz CT molecular complexity index is 696. The van der Waals surface area contributed by atoms with Crippen LogP contribution < -0.4 is 5.73 Å². The van der Waals surface area contributed by atoms with Crippen molar-refractivity contribution < 1.29 is 0 Å². The van der Waals surface area contributed by atoms with Crippen LogP contribution in [0.15, 0.2) is 24.4 Å². The summed E-state index contributed by atoms with van der Waals surface area (Å²) in [7, 11) is 0. The van der Waals surface area contributed by atoms with Crippen LogP contribution in [0.4, 0.5) is 5.00 Å². The van der Waals surface area contributed by atoms with Gasteiger partial charge in [-0.05, 0) is 43.2 Å². The standard InChI is InChI=1S/C12H12N4S/c1-7-3-4-16-10(5-7)14-15-12(16)11-8(2)6-9(13)17-11/h3-6H,13H2,1-2H3. The van der Waals surface area contributed by atoms with E-state index in [1.165, 1.54) is 5.56 Å². The lowest BCUT2D eigenvalue weighted by Gasteiger charge is -1.99. The smallest absolute Gasteiger partial charge is 0.178 e. The number of rotatable bonds is 1. The molecule has 0 aliphatic rings. The molecule has 0 aliphatic carbocycles. The van der Waals surface area contributed by atoms with Gasteiger partial charge in [0, 0.05) is 6.20 Å². The molecule has 0 bridgehead atoms. The zero-order valence-corrected chi connectivity index (χ0v) is 10.5. The van der Waals surface area contributed by atoms with Crippen LogP contribution in [-0.4, -0.2) is 14.6 Å². The van der Waals surface area contributed by atoms with E-state index in [1.54, 1.807) is 11.3 Å². The molecule has 0 aromatic carbocycles. The van der Waals surface area contributed by atoms with Crippen molar-refractivity contribution in [2.45, 2.75) is 13.8 Å². The molecule has 86 valence electrons. The quantitative estimate of drug-likeness (QED) is 0.716. The van der Waals surface area contributed by atoms with Gasteiger partial charge in [-0.1, -0.05) is 0 Å². The summed E-state index contributed by atoms with van der Waals surface area (Å²) < 4.78 is 1.99. The van der Waals surface area contributed by atoms with Crippen molar-refractivity contribution in [3.8, 4) is 10.7 Å². The van der Waals surface area contributed by atoms with Crippen molar-refractivity contribution in [3.63, 3.8) is 0 Å². The van der Waals surface area contributed by atoms with Crippen LogP contribution in [0.2, 0.25) is 0 Å². The number of pyridine rings is 1. The molecule has 3 rings (SSSR count). The summed E-state index contributed by atoms with van der Waals surface area (Å²) in [6.45, 7) is 4.08. The van der Waals surface area contributed by atoms with Crippen LogP contribution in [0.3, 0.4) is 0 Å². The normalized spacial score (nSPS) is 11.2. The molecular formula is C12H12N4S. The highest BCUT2D eigenvalue weighted by Gasteiger charge is 2.13. The molecule has 3 aromatic heterocycles. The Labute approximate surface area is 103 Å². The monoisotopic (exact) mass is 244 g/mol. The van der Waals surface area contributed by atoms with Gasteiger partial charge in [-0.2, -0.15) is 0 Å². The Morgan fingerprint density at radius 1 is 1.24 bits per heavy atom. The van der Waals surface area contributed by atoms with Gasteiger partial charge < -0.3 is 5.73 Å². The predicted octanol–water partition coefficient (Wildman–Crippen LogP) is 2.66. The second-order valence-electron chi connectivity index (χ2n) is 4.12. The third kappa shape index (κ3) is 1.59. The Hall–Kier alpha value is -1.88. The molecule has 4 nitrogen and oxygen atoms in total. The highest BCUT2D eigenvalue weighted by molar-refractivity contribution is 7.19. The van der Waals surface area contributed by atoms with Gasteiger partial charge in [-0.3, -0.25) is 4.40 Å². The van der Waals surface area contributed by atoms with Gasteiger partial charge in [0.1, 0.15) is 0 Å². The average molecular weight is 244 g/mol. The van der Waals surface area contributed by atoms with Gasteiger partial charge in [0.2, 0.25) is 0 Å². The minimum atomic E-state index is 0.807. The van der Waals surface area contributed by atoms with Crippen molar-refractivity contribution in [2.75, 3.05) is 5.73 Å². The molecular weight excluding hydrogens is 232 g/mol. The first kappa shape index (κ1) is 10.3. The number of nitrogens with two attached hydrogens (primary N) is 1. The molecule has 3 heterocycles. The van der Waals surface area contributed by atoms with Crippen LogP contribution in [0.25, 0.3) is 16.3 Å². The number of nitrogens with zero attached hydrogens (tertiary/aromatic N) is 3. The van der Waals surface area contributed by atoms with E-state index in [4.69, 9.17) is 5.73 Å². The third-order valence-electron chi connectivity index (χ3n) is 2.71. The number of anilines is 1. The molecule has 0 spiro atoms. The van der Waals surface area contributed by atoms with Crippen LogP contribution in [0, 0.1) is 13.8 Å². The Balaban J connectivity index is 2.28. The highest BCUT2D eigenvalue weighted by Crippen LogP contribution is 2.32. The predicted molar refractivity (Wildman–Crippen MR) is 70.2 cm³/mol. The van der Waals surface area contributed by atoms with Gasteiger partial charge in [-0.15, -0.1) is 21.5 Å². The number of hydrogen-bond acceptors (Lipinski definition) is 4. The minimum absolute atomic E-state index is 0.807. The Morgan fingerprint density at radius 3 is 2.76 bits per heavy atom. The first-order valence-electron chi connectivity index (χ1n) is 5.33. The highest BCUT2D eigenvalue weighted by atomic mass is 32.1. The Kier molecular flexibility index (Phi) is 2.16. The summed E-state index contributed by atoms with van der Waals surface area (Å²) in [6.07, 6.45) is 2.00. The summed E-state index contributed by atoms with van der Waals surface area (Å²) in [4.78, 5) is 1.08. The van der Waals surface area contributed by atoms with Gasteiger partial charge >= 0.3 is 0 Å². The van der Waals surface area contributed by atoms with Crippen LogP contribution in [-0.2, 0) is 0 Å². The first-order valence-corrected chi connectivity index (χ1v) is 6.14. The molecule has 0 aliphatic heterocycles. The van der Waals surface area contributed by atoms with Gasteiger partial charge in [0.05, 0.1) is 9.88 Å². The summed E-state index contributed by atoms with van der Waals surface area (Å²) >= 11 is 1.55. The third-order valence-corrected chi connectivity index (χ3v) is 3.77. The molecule has 0 fully saturated rings. The molecule has 5 heteroatoms. The van der Waals surface area contributed by atoms with E-state index in [-0.39, 0.29) is 0 Å². The van der Waals surface area contributed by atoms with Crippen LogP contribution in [0.1, 0.15) is 11.1 Å². The number of hydrogen-bond donors (Lipinski definition) is 1. The van der Waals surface area contributed by atoms with Gasteiger partial charge in [-0.25, -0.2) is 0 Å². The van der Waals surface area contributed by atoms with E-state index in [1.807, 2.05) is 42.6 Å². The fraction of sp³-hybridized carbons (Fsp3) is 0.167. The van der Waals surface area contributed by atoms with Gasteiger partial charge in [0.25, 0.3) is 0 Å². The SMILES string of the molecule is Cc1ccn2c(-c3sc(N)cc3C)nnc2c1. The first-order chi connectivity index (χ1) is 8.15. The van der Waals surface area contributed by atoms with Crippen molar-refractivity contribution in [1.82, 2.24) is 14.6 Å². The van der Waals surface area contributed by atoms with E-state index in [0.717, 1.165) is 26.9 Å². The lowest BCUT2D eigenvalue weighted by Crippen LogP contribution is -1.88. The number of fused-ring (bicyclic) bond motifs is 1. The molecule has 2 N–H and O–H groups in total. The van der Waals surface area contributed by atoms with Gasteiger partial charge in [0.15, 0.2) is 11.5 Å². The molecule has 0 saturated carbocycles. The van der Waals surface area contributed by atoms with E-state index < -0.39 is 0 Å². The summed E-state index contributed by atoms with van der Waals surface area (Å²) in [5, 5.41) is 9.24. The number of aromatic nitrogens is 3. The van der Waals surface area contributed by atoms with Crippen LogP contribution in [0.5, 0.6) is 0 Å². The van der Waals surface area contributed by atoms with E-state index >= 15 is 0 Å². The van der Waals surface area contributed by atoms with Crippen molar-refractivity contribution >= 4 is 22.0 Å². The zero-order chi connectivity index (χ0) is 12.0. The summed E-state index contributed by atoms with van der Waals surface area (Å²) in [5.41, 5.74) is 9.00.